The molecule has 106 valence electrons. The zero-order valence-electron chi connectivity index (χ0n) is 10.4. The number of benzene rings is 1. The standard InChI is InChI=1S/C12H15BrCl2N2OS/c1-2-18-5-3-4-16-12(19)17-11-9(14)6-8(13)7-10(11)15/h6-7H,2-5H2,1H3,(H2,16,17,19). The average Bonchev–Trinajstić information content (AvgIpc) is 2.33. The van der Waals surface area contributed by atoms with Crippen molar-refractivity contribution in [3.8, 4) is 0 Å². The molecule has 0 aliphatic rings. The Labute approximate surface area is 137 Å². The topological polar surface area (TPSA) is 33.3 Å². The second kappa shape index (κ2) is 8.97. The third-order valence-electron chi connectivity index (χ3n) is 2.20. The van der Waals surface area contributed by atoms with Crippen molar-refractivity contribution < 1.29 is 4.74 Å². The van der Waals surface area contributed by atoms with Crippen LogP contribution in [0.1, 0.15) is 13.3 Å². The highest BCUT2D eigenvalue weighted by Gasteiger charge is 2.08. The van der Waals surface area contributed by atoms with Gasteiger partial charge in [-0.25, -0.2) is 0 Å². The van der Waals surface area contributed by atoms with Gasteiger partial charge >= 0.3 is 0 Å². The molecule has 19 heavy (non-hydrogen) atoms. The van der Waals surface area contributed by atoms with E-state index in [1.165, 1.54) is 0 Å². The van der Waals surface area contributed by atoms with E-state index in [0.717, 1.165) is 24.0 Å². The van der Waals surface area contributed by atoms with Gasteiger partial charge in [0, 0.05) is 24.2 Å². The van der Waals surface area contributed by atoms with Crippen molar-refractivity contribution in [1.82, 2.24) is 5.32 Å². The number of hydrogen-bond donors (Lipinski definition) is 2. The molecule has 3 nitrogen and oxygen atoms in total. The largest absolute Gasteiger partial charge is 0.382 e. The van der Waals surface area contributed by atoms with Gasteiger partial charge in [-0.05, 0) is 37.7 Å². The smallest absolute Gasteiger partial charge is 0.170 e. The number of hydrogen-bond acceptors (Lipinski definition) is 2. The molecule has 0 atom stereocenters. The summed E-state index contributed by atoms with van der Waals surface area (Å²) in [5, 5.41) is 7.57. The molecule has 0 aliphatic heterocycles. The van der Waals surface area contributed by atoms with E-state index < -0.39 is 0 Å². The lowest BCUT2D eigenvalue weighted by molar-refractivity contribution is 0.146. The molecule has 0 aromatic heterocycles. The summed E-state index contributed by atoms with van der Waals surface area (Å²) in [6.45, 7) is 4.15. The van der Waals surface area contributed by atoms with Gasteiger partial charge in [0.05, 0.1) is 15.7 Å². The minimum absolute atomic E-state index is 0.489. The molecule has 0 bridgehead atoms. The van der Waals surface area contributed by atoms with Gasteiger partial charge in [0.25, 0.3) is 0 Å². The van der Waals surface area contributed by atoms with E-state index >= 15 is 0 Å². The fraction of sp³-hybridized carbons (Fsp3) is 0.417. The SMILES string of the molecule is CCOCCCNC(=S)Nc1c(Cl)cc(Br)cc1Cl. The number of anilines is 1. The first-order chi connectivity index (χ1) is 9.04. The fourth-order valence-corrected chi connectivity index (χ4v) is 2.85. The molecule has 0 heterocycles. The normalized spacial score (nSPS) is 10.3. The molecule has 0 saturated heterocycles. The Kier molecular flexibility index (Phi) is 8.02. The summed E-state index contributed by atoms with van der Waals surface area (Å²) in [6.07, 6.45) is 0.886. The minimum Gasteiger partial charge on any atom is -0.382 e. The van der Waals surface area contributed by atoms with Gasteiger partial charge in [-0.3, -0.25) is 0 Å². The van der Waals surface area contributed by atoms with Crippen LogP contribution >= 0.6 is 51.3 Å². The molecule has 2 N–H and O–H groups in total. The molecule has 0 saturated carbocycles. The second-order valence-corrected chi connectivity index (χ2v) is 5.81. The third-order valence-corrected chi connectivity index (χ3v) is 3.50. The first-order valence-electron chi connectivity index (χ1n) is 5.81. The van der Waals surface area contributed by atoms with Gasteiger partial charge in [-0.2, -0.15) is 0 Å². The molecule has 0 aliphatic carbocycles. The third kappa shape index (κ3) is 6.27. The number of nitrogens with one attached hydrogen (secondary N) is 2. The van der Waals surface area contributed by atoms with Gasteiger partial charge < -0.3 is 15.4 Å². The van der Waals surface area contributed by atoms with Crippen LogP contribution in [0.2, 0.25) is 10.0 Å². The van der Waals surface area contributed by atoms with Gasteiger partial charge in [-0.1, -0.05) is 39.1 Å². The maximum atomic E-state index is 6.10. The molecule has 0 spiro atoms. The highest BCUT2D eigenvalue weighted by molar-refractivity contribution is 9.10. The van der Waals surface area contributed by atoms with Crippen LogP contribution in [0.25, 0.3) is 0 Å². The molecule has 1 aromatic rings. The summed E-state index contributed by atoms with van der Waals surface area (Å²) in [5.41, 5.74) is 0.605. The first kappa shape index (κ1) is 17.0. The van der Waals surface area contributed by atoms with Crippen molar-refractivity contribution in [1.29, 1.82) is 0 Å². The van der Waals surface area contributed by atoms with E-state index in [-0.39, 0.29) is 0 Å². The monoisotopic (exact) mass is 384 g/mol. The van der Waals surface area contributed by atoms with Gasteiger partial charge in [0.2, 0.25) is 0 Å². The van der Waals surface area contributed by atoms with E-state index in [1.807, 2.05) is 6.92 Å². The summed E-state index contributed by atoms with van der Waals surface area (Å²) < 4.78 is 6.06. The quantitative estimate of drug-likeness (QED) is 0.559. The lowest BCUT2D eigenvalue weighted by atomic mass is 10.3. The van der Waals surface area contributed by atoms with Crippen molar-refractivity contribution in [2.75, 3.05) is 25.1 Å². The highest BCUT2D eigenvalue weighted by atomic mass is 79.9. The van der Waals surface area contributed by atoms with Crippen LogP contribution in [0.5, 0.6) is 0 Å². The Morgan fingerprint density at radius 1 is 1.37 bits per heavy atom. The number of ether oxygens (including phenoxy) is 1. The Hall–Kier alpha value is -0.0700. The minimum atomic E-state index is 0.489. The van der Waals surface area contributed by atoms with Crippen molar-refractivity contribution in [3.05, 3.63) is 26.7 Å². The second-order valence-electron chi connectivity index (χ2n) is 3.68. The molecule has 0 amide bonds. The fourth-order valence-electron chi connectivity index (χ4n) is 1.34. The molecular weight excluding hydrogens is 371 g/mol. The predicted octanol–water partition coefficient (Wildman–Crippen LogP) is 4.47. The lowest BCUT2D eigenvalue weighted by Crippen LogP contribution is -2.30. The molecule has 0 radical (unpaired) electrons. The number of halogens is 3. The Bertz CT molecular complexity index is 423. The van der Waals surface area contributed by atoms with Gasteiger partial charge in [-0.15, -0.1) is 0 Å². The summed E-state index contributed by atoms with van der Waals surface area (Å²) in [5.74, 6) is 0. The van der Waals surface area contributed by atoms with Crippen LogP contribution in [0, 0.1) is 0 Å². The van der Waals surface area contributed by atoms with Crippen molar-refractivity contribution in [3.63, 3.8) is 0 Å². The Morgan fingerprint density at radius 3 is 2.58 bits per heavy atom. The molecule has 1 aromatic carbocycles. The van der Waals surface area contributed by atoms with Crippen molar-refractivity contribution in [2.24, 2.45) is 0 Å². The summed E-state index contributed by atoms with van der Waals surface area (Å²) in [4.78, 5) is 0. The van der Waals surface area contributed by atoms with Crippen LogP contribution < -0.4 is 10.6 Å². The molecule has 0 fully saturated rings. The maximum Gasteiger partial charge on any atom is 0.170 e. The van der Waals surface area contributed by atoms with Crippen LogP contribution in [0.15, 0.2) is 16.6 Å². The number of rotatable bonds is 6. The van der Waals surface area contributed by atoms with E-state index in [9.17, 15) is 0 Å². The molecule has 0 unspecified atom stereocenters. The molecule has 1 rings (SSSR count). The van der Waals surface area contributed by atoms with Crippen molar-refractivity contribution >= 4 is 62.1 Å². The zero-order valence-corrected chi connectivity index (χ0v) is 14.3. The zero-order chi connectivity index (χ0) is 14.3. The van der Waals surface area contributed by atoms with E-state index in [0.29, 0.717) is 27.5 Å². The van der Waals surface area contributed by atoms with Crippen LogP contribution in [0.4, 0.5) is 5.69 Å². The highest BCUT2D eigenvalue weighted by Crippen LogP contribution is 2.33. The Morgan fingerprint density at radius 2 is 2.00 bits per heavy atom. The maximum absolute atomic E-state index is 6.10. The van der Waals surface area contributed by atoms with E-state index in [4.69, 9.17) is 40.2 Å². The predicted molar refractivity (Wildman–Crippen MR) is 89.5 cm³/mol. The van der Waals surface area contributed by atoms with E-state index in [2.05, 4.69) is 26.6 Å². The van der Waals surface area contributed by atoms with Crippen LogP contribution in [-0.4, -0.2) is 24.9 Å². The van der Waals surface area contributed by atoms with E-state index in [1.54, 1.807) is 12.1 Å². The van der Waals surface area contributed by atoms with Crippen LogP contribution in [-0.2, 0) is 4.74 Å². The lowest BCUT2D eigenvalue weighted by Gasteiger charge is -2.13. The number of thiocarbonyl (C=S) groups is 1. The van der Waals surface area contributed by atoms with Gasteiger partial charge in [0.1, 0.15) is 0 Å². The Balaban J connectivity index is 2.44. The summed E-state index contributed by atoms with van der Waals surface area (Å²) in [7, 11) is 0. The summed E-state index contributed by atoms with van der Waals surface area (Å²) in [6, 6.07) is 3.51. The summed E-state index contributed by atoms with van der Waals surface area (Å²) >= 11 is 20.7. The molecule has 7 heteroatoms. The van der Waals surface area contributed by atoms with Gasteiger partial charge in [0.15, 0.2) is 5.11 Å². The van der Waals surface area contributed by atoms with Crippen molar-refractivity contribution in [2.45, 2.75) is 13.3 Å². The van der Waals surface area contributed by atoms with Crippen LogP contribution in [0.3, 0.4) is 0 Å². The molecular formula is C12H15BrCl2N2OS. The first-order valence-corrected chi connectivity index (χ1v) is 7.77. The average molecular weight is 386 g/mol.